The number of hydrogen-bond acceptors (Lipinski definition) is 1. The van der Waals surface area contributed by atoms with Gasteiger partial charge in [0.15, 0.2) is 0 Å². The third-order valence-corrected chi connectivity index (χ3v) is 4.44. The van der Waals surface area contributed by atoms with Crippen LogP contribution in [0, 0.1) is 17.8 Å². The summed E-state index contributed by atoms with van der Waals surface area (Å²) < 4.78 is 0. The highest BCUT2D eigenvalue weighted by Crippen LogP contribution is 2.60. The smallest absolute Gasteiger partial charge is 0.0681 e. The van der Waals surface area contributed by atoms with Crippen LogP contribution in [-0.2, 0) is 0 Å². The lowest BCUT2D eigenvalue weighted by molar-refractivity contribution is 0.0130. The quantitative estimate of drug-likeness (QED) is 0.562. The number of aliphatic hydroxyl groups is 1. The average molecular weight is 152 g/mol. The molecule has 0 saturated heterocycles. The molecule has 1 N–H and O–H groups in total. The van der Waals surface area contributed by atoms with Gasteiger partial charge < -0.3 is 5.11 Å². The number of hydrogen-bond donors (Lipinski definition) is 1. The molecule has 2 unspecified atom stereocenters. The van der Waals surface area contributed by atoms with Crippen molar-refractivity contribution in [3.05, 3.63) is 0 Å². The molecule has 0 aromatic carbocycles. The van der Waals surface area contributed by atoms with Crippen molar-refractivity contribution in [1.29, 1.82) is 0 Å². The van der Waals surface area contributed by atoms with Gasteiger partial charge in [0.1, 0.15) is 0 Å². The van der Waals surface area contributed by atoms with Crippen molar-refractivity contribution >= 4 is 0 Å². The largest absolute Gasteiger partial charge is 0.390 e. The van der Waals surface area contributed by atoms with E-state index in [0.29, 0.717) is 0 Å². The van der Waals surface area contributed by atoms with Crippen LogP contribution in [0.25, 0.3) is 0 Å². The maximum Gasteiger partial charge on any atom is 0.0681 e. The van der Waals surface area contributed by atoms with Gasteiger partial charge in [-0.3, -0.25) is 0 Å². The maximum absolute atomic E-state index is 10.2. The zero-order chi connectivity index (χ0) is 7.47. The van der Waals surface area contributed by atoms with Gasteiger partial charge in [-0.2, -0.15) is 0 Å². The molecule has 11 heavy (non-hydrogen) atoms. The highest BCUT2D eigenvalue weighted by atomic mass is 16.3. The van der Waals surface area contributed by atoms with E-state index in [2.05, 4.69) is 0 Å². The molecular weight excluding hydrogens is 136 g/mol. The van der Waals surface area contributed by atoms with Crippen LogP contribution in [0.1, 0.15) is 38.5 Å². The van der Waals surface area contributed by atoms with E-state index in [-0.39, 0.29) is 5.60 Å². The molecule has 0 amide bonds. The van der Waals surface area contributed by atoms with E-state index in [1.807, 2.05) is 0 Å². The first-order chi connectivity index (χ1) is 5.30. The Morgan fingerprint density at radius 2 is 1.45 bits per heavy atom. The molecule has 0 heterocycles. The zero-order valence-corrected chi connectivity index (χ0v) is 6.92. The van der Waals surface area contributed by atoms with Crippen LogP contribution in [0.3, 0.4) is 0 Å². The Bertz CT molecular complexity index is 171. The van der Waals surface area contributed by atoms with E-state index in [1.54, 1.807) is 0 Å². The van der Waals surface area contributed by atoms with Crippen molar-refractivity contribution in [2.45, 2.75) is 44.1 Å². The van der Waals surface area contributed by atoms with Gasteiger partial charge in [0.05, 0.1) is 5.60 Å². The number of rotatable bonds is 0. The Kier molecular flexibility index (Phi) is 1.07. The molecule has 1 heteroatoms. The van der Waals surface area contributed by atoms with Crippen molar-refractivity contribution in [2.75, 3.05) is 0 Å². The van der Waals surface area contributed by atoms with E-state index < -0.39 is 0 Å². The van der Waals surface area contributed by atoms with Crippen LogP contribution < -0.4 is 0 Å². The lowest BCUT2D eigenvalue weighted by atomic mass is 9.89. The second kappa shape index (κ2) is 1.82. The van der Waals surface area contributed by atoms with Crippen molar-refractivity contribution in [1.82, 2.24) is 0 Å². The fourth-order valence-corrected chi connectivity index (χ4v) is 4.03. The van der Waals surface area contributed by atoms with Crippen molar-refractivity contribution in [3.63, 3.8) is 0 Å². The second-order valence-corrected chi connectivity index (χ2v) is 4.80. The molecule has 62 valence electrons. The Morgan fingerprint density at radius 3 is 2.00 bits per heavy atom. The van der Waals surface area contributed by atoms with Gasteiger partial charge in [-0.15, -0.1) is 0 Å². The predicted octanol–water partition coefficient (Wildman–Crippen LogP) is 1.95. The summed E-state index contributed by atoms with van der Waals surface area (Å²) >= 11 is 0. The topological polar surface area (TPSA) is 20.2 Å². The molecule has 1 nitrogen and oxygen atoms in total. The van der Waals surface area contributed by atoms with E-state index in [1.165, 1.54) is 25.7 Å². The first-order valence-electron chi connectivity index (χ1n) is 5.02. The maximum atomic E-state index is 10.2. The van der Waals surface area contributed by atoms with Gasteiger partial charge in [0.25, 0.3) is 0 Å². The minimum absolute atomic E-state index is 0.189. The third-order valence-electron chi connectivity index (χ3n) is 4.44. The summed E-state index contributed by atoms with van der Waals surface area (Å²) in [6.07, 6.45) is 7.68. The Balaban J connectivity index is 2.00. The van der Waals surface area contributed by atoms with Crippen LogP contribution in [0.5, 0.6) is 0 Å². The zero-order valence-electron chi connectivity index (χ0n) is 6.92. The standard InChI is InChI=1S/C10H16O/c11-10-5-3-7-1-2-8(4-6-10)9(7)10/h7-9,11H,1-6H2. The summed E-state index contributed by atoms with van der Waals surface area (Å²) in [5, 5.41) is 10.2. The van der Waals surface area contributed by atoms with E-state index in [0.717, 1.165) is 30.6 Å². The normalized spacial score (nSPS) is 60.3. The van der Waals surface area contributed by atoms with Crippen molar-refractivity contribution < 1.29 is 5.11 Å². The van der Waals surface area contributed by atoms with E-state index in [4.69, 9.17) is 0 Å². The minimum Gasteiger partial charge on any atom is -0.390 e. The molecule has 3 aliphatic carbocycles. The highest BCUT2D eigenvalue weighted by molar-refractivity contribution is 5.07. The minimum atomic E-state index is -0.189. The molecule has 0 aliphatic heterocycles. The molecule has 0 spiro atoms. The van der Waals surface area contributed by atoms with E-state index in [9.17, 15) is 5.11 Å². The molecule has 2 atom stereocenters. The van der Waals surface area contributed by atoms with E-state index >= 15 is 0 Å². The van der Waals surface area contributed by atoms with Crippen molar-refractivity contribution in [2.24, 2.45) is 17.8 Å². The second-order valence-electron chi connectivity index (χ2n) is 4.80. The van der Waals surface area contributed by atoms with Crippen LogP contribution in [0.4, 0.5) is 0 Å². The van der Waals surface area contributed by atoms with Gasteiger partial charge in [0.2, 0.25) is 0 Å². The van der Waals surface area contributed by atoms with Gasteiger partial charge in [-0.05, 0) is 56.3 Å². The summed E-state index contributed by atoms with van der Waals surface area (Å²) in [5.74, 6) is 2.54. The average Bonchev–Trinajstić information content (AvgIpc) is 2.54. The van der Waals surface area contributed by atoms with Crippen LogP contribution in [0.2, 0.25) is 0 Å². The first kappa shape index (κ1) is 6.47. The Labute approximate surface area is 67.8 Å². The summed E-state index contributed by atoms with van der Waals surface area (Å²) in [4.78, 5) is 0. The Morgan fingerprint density at radius 1 is 0.909 bits per heavy atom. The summed E-state index contributed by atoms with van der Waals surface area (Å²) in [7, 11) is 0. The van der Waals surface area contributed by atoms with Crippen LogP contribution >= 0.6 is 0 Å². The molecule has 0 aromatic rings. The Hall–Kier alpha value is -0.0400. The van der Waals surface area contributed by atoms with Crippen LogP contribution in [-0.4, -0.2) is 10.7 Å². The summed E-state index contributed by atoms with van der Waals surface area (Å²) in [6, 6.07) is 0. The summed E-state index contributed by atoms with van der Waals surface area (Å²) in [5.41, 5.74) is -0.189. The molecule has 3 saturated carbocycles. The molecule has 3 rings (SSSR count). The summed E-state index contributed by atoms with van der Waals surface area (Å²) in [6.45, 7) is 0. The monoisotopic (exact) mass is 152 g/mol. The molecule has 0 bridgehead atoms. The third kappa shape index (κ3) is 0.658. The fraction of sp³-hybridized carbons (Fsp3) is 1.00. The van der Waals surface area contributed by atoms with Crippen molar-refractivity contribution in [3.8, 4) is 0 Å². The predicted molar refractivity (Wildman–Crippen MR) is 43.1 cm³/mol. The first-order valence-corrected chi connectivity index (χ1v) is 5.02. The van der Waals surface area contributed by atoms with Crippen LogP contribution in [0.15, 0.2) is 0 Å². The van der Waals surface area contributed by atoms with Gasteiger partial charge in [0, 0.05) is 0 Å². The SMILES string of the molecule is OC12CCC3CCC(CC1)C32. The lowest BCUT2D eigenvalue weighted by Crippen LogP contribution is -2.29. The van der Waals surface area contributed by atoms with Gasteiger partial charge in [-0.1, -0.05) is 0 Å². The molecule has 0 aromatic heterocycles. The molecule has 3 aliphatic rings. The molecule has 0 radical (unpaired) electrons. The molecular formula is C10H16O. The van der Waals surface area contributed by atoms with Gasteiger partial charge in [-0.25, -0.2) is 0 Å². The van der Waals surface area contributed by atoms with Gasteiger partial charge >= 0.3 is 0 Å². The fourth-order valence-electron chi connectivity index (χ4n) is 4.03. The lowest BCUT2D eigenvalue weighted by Gasteiger charge is -2.23. The highest BCUT2D eigenvalue weighted by Gasteiger charge is 2.57. The molecule has 3 fully saturated rings.